The molecule has 0 fully saturated rings. The number of benzene rings is 2. The SMILES string of the molecule is Cc1ccc(CCCC(=O)NS(=O)(=O)c2ccc3c(c2)OCCO3)cc1. The zero-order valence-electron chi connectivity index (χ0n) is 14.5. The van der Waals surface area contributed by atoms with Gasteiger partial charge in [-0.25, -0.2) is 13.1 Å². The van der Waals surface area contributed by atoms with Crippen LogP contribution in [0.1, 0.15) is 24.0 Å². The fourth-order valence-electron chi connectivity index (χ4n) is 2.66. The van der Waals surface area contributed by atoms with Gasteiger partial charge < -0.3 is 9.47 Å². The van der Waals surface area contributed by atoms with Crippen molar-refractivity contribution in [1.29, 1.82) is 0 Å². The molecule has 1 aliphatic rings. The zero-order chi connectivity index (χ0) is 18.6. The third kappa shape index (κ3) is 4.54. The zero-order valence-corrected chi connectivity index (χ0v) is 15.3. The van der Waals surface area contributed by atoms with Crippen LogP contribution in [0.15, 0.2) is 47.4 Å². The third-order valence-electron chi connectivity index (χ3n) is 4.06. The van der Waals surface area contributed by atoms with Crippen molar-refractivity contribution < 1.29 is 22.7 Å². The van der Waals surface area contributed by atoms with E-state index in [1.54, 1.807) is 0 Å². The first-order chi connectivity index (χ1) is 12.4. The summed E-state index contributed by atoms with van der Waals surface area (Å²) in [6.45, 7) is 2.80. The van der Waals surface area contributed by atoms with E-state index >= 15 is 0 Å². The Labute approximate surface area is 153 Å². The van der Waals surface area contributed by atoms with Gasteiger partial charge in [0, 0.05) is 12.5 Å². The quantitative estimate of drug-likeness (QED) is 0.839. The lowest BCUT2D eigenvalue weighted by Gasteiger charge is -2.18. The van der Waals surface area contributed by atoms with Gasteiger partial charge in [0.1, 0.15) is 13.2 Å². The van der Waals surface area contributed by atoms with E-state index in [2.05, 4.69) is 4.72 Å². The maximum atomic E-state index is 12.4. The van der Waals surface area contributed by atoms with E-state index in [1.807, 2.05) is 31.2 Å². The highest BCUT2D eigenvalue weighted by molar-refractivity contribution is 7.90. The van der Waals surface area contributed by atoms with Gasteiger partial charge in [0.25, 0.3) is 10.0 Å². The predicted molar refractivity (Wildman–Crippen MR) is 96.9 cm³/mol. The van der Waals surface area contributed by atoms with Crippen LogP contribution in [-0.2, 0) is 21.2 Å². The molecule has 1 aliphatic heterocycles. The van der Waals surface area contributed by atoms with Crippen molar-refractivity contribution in [3.63, 3.8) is 0 Å². The highest BCUT2D eigenvalue weighted by atomic mass is 32.2. The first-order valence-electron chi connectivity index (χ1n) is 8.45. The molecule has 0 bridgehead atoms. The van der Waals surface area contributed by atoms with Gasteiger partial charge in [-0.05, 0) is 37.5 Å². The van der Waals surface area contributed by atoms with Crippen molar-refractivity contribution in [3.8, 4) is 11.5 Å². The van der Waals surface area contributed by atoms with E-state index in [0.29, 0.717) is 31.1 Å². The molecule has 1 N–H and O–H groups in total. The summed E-state index contributed by atoms with van der Waals surface area (Å²) >= 11 is 0. The summed E-state index contributed by atoms with van der Waals surface area (Å²) in [5.74, 6) is 0.345. The highest BCUT2D eigenvalue weighted by Crippen LogP contribution is 2.32. The molecule has 2 aromatic rings. The van der Waals surface area contributed by atoms with Gasteiger partial charge in [-0.2, -0.15) is 0 Å². The average molecular weight is 375 g/mol. The molecule has 0 saturated heterocycles. The monoisotopic (exact) mass is 375 g/mol. The second-order valence-electron chi connectivity index (χ2n) is 6.17. The number of fused-ring (bicyclic) bond motifs is 1. The van der Waals surface area contributed by atoms with Gasteiger partial charge in [-0.15, -0.1) is 0 Å². The van der Waals surface area contributed by atoms with E-state index in [-0.39, 0.29) is 11.3 Å². The normalized spacial score (nSPS) is 13.3. The van der Waals surface area contributed by atoms with Crippen molar-refractivity contribution in [2.24, 2.45) is 0 Å². The fraction of sp³-hybridized carbons (Fsp3) is 0.316. The molecule has 0 aliphatic carbocycles. The van der Waals surface area contributed by atoms with Crippen LogP contribution in [-0.4, -0.2) is 27.5 Å². The number of ether oxygens (including phenoxy) is 2. The Bertz CT molecular complexity index is 891. The van der Waals surface area contributed by atoms with Crippen LogP contribution in [0.4, 0.5) is 0 Å². The number of aryl methyl sites for hydroxylation is 2. The molecular formula is C19H21NO5S. The largest absolute Gasteiger partial charge is 0.486 e. The summed E-state index contributed by atoms with van der Waals surface area (Å²) < 4.78 is 37.6. The van der Waals surface area contributed by atoms with Crippen molar-refractivity contribution in [3.05, 3.63) is 53.6 Å². The molecule has 0 aromatic heterocycles. The van der Waals surface area contributed by atoms with Gasteiger partial charge >= 0.3 is 0 Å². The van der Waals surface area contributed by atoms with Crippen molar-refractivity contribution in [2.45, 2.75) is 31.1 Å². The highest BCUT2D eigenvalue weighted by Gasteiger charge is 2.21. The van der Waals surface area contributed by atoms with Crippen LogP contribution in [0.2, 0.25) is 0 Å². The Morgan fingerprint density at radius 3 is 2.46 bits per heavy atom. The average Bonchev–Trinajstić information content (AvgIpc) is 2.62. The van der Waals surface area contributed by atoms with Crippen molar-refractivity contribution in [1.82, 2.24) is 4.72 Å². The molecule has 0 saturated carbocycles. The number of sulfonamides is 1. The molecule has 0 unspecified atom stereocenters. The van der Waals surface area contributed by atoms with Gasteiger partial charge in [0.05, 0.1) is 4.90 Å². The molecule has 2 aromatic carbocycles. The summed E-state index contributed by atoms with van der Waals surface area (Å²) in [5, 5.41) is 0. The maximum Gasteiger partial charge on any atom is 0.264 e. The first kappa shape index (κ1) is 18.3. The van der Waals surface area contributed by atoms with Crippen LogP contribution in [0.5, 0.6) is 11.5 Å². The number of hydrogen-bond acceptors (Lipinski definition) is 5. The van der Waals surface area contributed by atoms with Crippen LogP contribution in [0.3, 0.4) is 0 Å². The fourth-order valence-corrected chi connectivity index (χ4v) is 3.69. The number of hydrogen-bond donors (Lipinski definition) is 1. The molecule has 1 heterocycles. The van der Waals surface area contributed by atoms with E-state index in [0.717, 1.165) is 12.0 Å². The summed E-state index contributed by atoms with van der Waals surface area (Å²) in [6, 6.07) is 12.4. The number of carbonyl (C=O) groups is 1. The second-order valence-corrected chi connectivity index (χ2v) is 7.86. The molecule has 7 heteroatoms. The Kier molecular flexibility index (Phi) is 5.46. The third-order valence-corrected chi connectivity index (χ3v) is 5.43. The molecule has 138 valence electrons. The Hall–Kier alpha value is -2.54. The summed E-state index contributed by atoms with van der Waals surface area (Å²) in [4.78, 5) is 12.0. The molecule has 0 radical (unpaired) electrons. The van der Waals surface area contributed by atoms with Crippen molar-refractivity contribution >= 4 is 15.9 Å². The first-order valence-corrected chi connectivity index (χ1v) is 9.93. The summed E-state index contributed by atoms with van der Waals surface area (Å²) in [7, 11) is -3.93. The van der Waals surface area contributed by atoms with Crippen LogP contribution in [0, 0.1) is 6.92 Å². The number of nitrogens with one attached hydrogen (secondary N) is 1. The van der Waals surface area contributed by atoms with E-state index in [4.69, 9.17) is 9.47 Å². The lowest BCUT2D eigenvalue weighted by atomic mass is 10.1. The lowest BCUT2D eigenvalue weighted by molar-refractivity contribution is -0.119. The minimum atomic E-state index is -3.93. The standard InChI is InChI=1S/C19H21NO5S/c1-14-5-7-15(8-6-14)3-2-4-19(21)20-26(22,23)16-9-10-17-18(13-16)25-12-11-24-17/h5-10,13H,2-4,11-12H2,1H3,(H,20,21). The van der Waals surface area contributed by atoms with Gasteiger partial charge in [-0.3, -0.25) is 4.79 Å². The van der Waals surface area contributed by atoms with Gasteiger partial charge in [0.2, 0.25) is 5.91 Å². The molecule has 26 heavy (non-hydrogen) atoms. The smallest absolute Gasteiger partial charge is 0.264 e. The Balaban J connectivity index is 1.56. The molecule has 1 amide bonds. The second kappa shape index (κ2) is 7.78. The topological polar surface area (TPSA) is 81.7 Å². The van der Waals surface area contributed by atoms with Gasteiger partial charge in [0.15, 0.2) is 11.5 Å². The lowest BCUT2D eigenvalue weighted by Crippen LogP contribution is -2.30. The summed E-state index contributed by atoms with van der Waals surface area (Å²) in [5.41, 5.74) is 2.30. The minimum Gasteiger partial charge on any atom is -0.486 e. The Morgan fingerprint density at radius 2 is 1.73 bits per heavy atom. The van der Waals surface area contributed by atoms with E-state index in [1.165, 1.54) is 23.8 Å². The minimum absolute atomic E-state index is 0.0198. The van der Waals surface area contributed by atoms with Crippen molar-refractivity contribution in [2.75, 3.05) is 13.2 Å². The van der Waals surface area contributed by atoms with E-state index < -0.39 is 15.9 Å². The number of amides is 1. The molecule has 0 spiro atoms. The van der Waals surface area contributed by atoms with Gasteiger partial charge in [-0.1, -0.05) is 29.8 Å². The summed E-state index contributed by atoms with van der Waals surface area (Å²) in [6.07, 6.45) is 1.43. The molecule has 0 atom stereocenters. The maximum absolute atomic E-state index is 12.4. The number of carbonyl (C=O) groups excluding carboxylic acids is 1. The number of rotatable bonds is 6. The van der Waals surface area contributed by atoms with Crippen LogP contribution < -0.4 is 14.2 Å². The van der Waals surface area contributed by atoms with E-state index in [9.17, 15) is 13.2 Å². The molecular weight excluding hydrogens is 354 g/mol. The van der Waals surface area contributed by atoms with Crippen LogP contribution >= 0.6 is 0 Å². The van der Waals surface area contributed by atoms with Crippen LogP contribution in [0.25, 0.3) is 0 Å². The molecule has 3 rings (SSSR count). The molecule has 6 nitrogen and oxygen atoms in total. The Morgan fingerprint density at radius 1 is 1.04 bits per heavy atom. The predicted octanol–water partition coefficient (Wildman–Crippen LogP) is 2.59.